The molecule has 0 fully saturated rings. The number of halogens is 1. The van der Waals surface area contributed by atoms with Crippen molar-refractivity contribution in [3.8, 4) is 28.4 Å². The first-order valence-corrected chi connectivity index (χ1v) is 10.1. The summed E-state index contributed by atoms with van der Waals surface area (Å²) in [5.74, 6) is 1.41. The van der Waals surface area contributed by atoms with Crippen molar-refractivity contribution in [1.82, 2.24) is 9.47 Å². The van der Waals surface area contributed by atoms with Crippen LogP contribution in [-0.2, 0) is 18.4 Å². The van der Waals surface area contributed by atoms with Crippen LogP contribution in [0.25, 0.3) is 11.1 Å². The molecule has 7 nitrogen and oxygen atoms in total. The van der Waals surface area contributed by atoms with Crippen LogP contribution in [-0.4, -0.2) is 28.5 Å². The smallest absolute Gasteiger partial charge is 0.254 e. The maximum Gasteiger partial charge on any atom is 0.254 e. The molecule has 1 aromatic heterocycles. The minimum absolute atomic E-state index is 0.107. The summed E-state index contributed by atoms with van der Waals surface area (Å²) in [7, 11) is 1.67. The number of aromatic nitrogens is 1. The second-order valence-electron chi connectivity index (χ2n) is 7.40. The van der Waals surface area contributed by atoms with Crippen LogP contribution in [0.3, 0.4) is 0 Å². The number of carbonyl (C=O) groups is 1. The van der Waals surface area contributed by atoms with Crippen LogP contribution in [0, 0.1) is 0 Å². The molecule has 31 heavy (non-hydrogen) atoms. The number of ether oxygens (including phenoxy) is 2. The van der Waals surface area contributed by atoms with Gasteiger partial charge in [-0.05, 0) is 36.4 Å². The zero-order valence-electron chi connectivity index (χ0n) is 17.2. The number of rotatable bonds is 0. The Bertz CT molecular complexity index is 1220. The minimum Gasteiger partial charge on any atom is -0.491 e. The highest BCUT2D eigenvalue weighted by atomic mass is 35.5. The van der Waals surface area contributed by atoms with Crippen molar-refractivity contribution >= 4 is 23.2 Å². The number of hydrogen-bond acceptors (Lipinski definition) is 5. The molecule has 0 bridgehead atoms. The van der Waals surface area contributed by atoms with E-state index in [2.05, 4.69) is 0 Å². The van der Waals surface area contributed by atoms with Gasteiger partial charge in [0.15, 0.2) is 0 Å². The molecule has 3 aromatic rings. The molecule has 0 unspecified atom stereocenters. The van der Waals surface area contributed by atoms with Crippen molar-refractivity contribution in [2.24, 2.45) is 7.05 Å². The van der Waals surface area contributed by atoms with Gasteiger partial charge in [-0.3, -0.25) is 9.59 Å². The van der Waals surface area contributed by atoms with Crippen LogP contribution in [0.4, 0.5) is 5.69 Å². The molecule has 0 aliphatic carbocycles. The van der Waals surface area contributed by atoms with Crippen LogP contribution in [0.5, 0.6) is 17.2 Å². The number of benzene rings is 2. The first-order valence-electron chi connectivity index (χ1n) is 9.77. The minimum atomic E-state index is -0.208. The van der Waals surface area contributed by atoms with Gasteiger partial charge in [-0.15, -0.1) is 0 Å². The summed E-state index contributed by atoms with van der Waals surface area (Å²) < 4.78 is 13.7. The van der Waals surface area contributed by atoms with Crippen molar-refractivity contribution in [2.45, 2.75) is 13.5 Å². The Kier molecular flexibility index (Phi) is 5.61. The SMILES string of the molecule is CC(=O)N1CCOc2cc(=O)n(C)cc2-c2cc(N)ccc2Oc2ccc(Cl)cc2C1. The molecule has 1 amide bonds. The summed E-state index contributed by atoms with van der Waals surface area (Å²) in [5, 5.41) is 0.548. The predicted octanol–water partition coefficient (Wildman–Crippen LogP) is 3.82. The van der Waals surface area contributed by atoms with Crippen LogP contribution < -0.4 is 20.8 Å². The number of nitrogens with zero attached hydrogens (tertiary/aromatic N) is 2. The first kappa shape index (κ1) is 20.8. The van der Waals surface area contributed by atoms with E-state index in [0.717, 1.165) is 5.56 Å². The highest BCUT2D eigenvalue weighted by Gasteiger charge is 2.20. The van der Waals surface area contributed by atoms with Crippen LogP contribution in [0.15, 0.2) is 53.5 Å². The van der Waals surface area contributed by atoms with Gasteiger partial charge in [0, 0.05) is 60.2 Å². The molecule has 0 spiro atoms. The quantitative estimate of drug-likeness (QED) is 0.538. The fourth-order valence-electron chi connectivity index (χ4n) is 3.49. The summed E-state index contributed by atoms with van der Waals surface area (Å²) in [6, 6.07) is 12.0. The molecule has 2 N–H and O–H groups in total. The number of nitrogen functional groups attached to an aromatic ring is 1. The van der Waals surface area contributed by atoms with Gasteiger partial charge < -0.3 is 24.7 Å². The van der Waals surface area contributed by atoms with Crippen LogP contribution >= 0.6 is 11.6 Å². The first-order chi connectivity index (χ1) is 14.8. The highest BCUT2D eigenvalue weighted by Crippen LogP contribution is 2.40. The van der Waals surface area contributed by atoms with E-state index in [-0.39, 0.29) is 18.1 Å². The molecule has 0 atom stereocenters. The Balaban J connectivity index is 1.94. The van der Waals surface area contributed by atoms with Crippen molar-refractivity contribution in [3.05, 3.63) is 69.6 Å². The molecule has 0 saturated heterocycles. The second kappa shape index (κ2) is 8.35. The van der Waals surface area contributed by atoms with Gasteiger partial charge in [0.05, 0.1) is 6.54 Å². The van der Waals surface area contributed by atoms with Crippen molar-refractivity contribution in [2.75, 3.05) is 18.9 Å². The van der Waals surface area contributed by atoms with Gasteiger partial charge in [0.2, 0.25) is 5.91 Å². The zero-order valence-corrected chi connectivity index (χ0v) is 18.0. The average molecular weight is 440 g/mol. The molecule has 2 aromatic carbocycles. The summed E-state index contributed by atoms with van der Waals surface area (Å²) in [4.78, 5) is 26.1. The van der Waals surface area contributed by atoms with Crippen LogP contribution in [0.1, 0.15) is 12.5 Å². The fraction of sp³-hybridized carbons (Fsp3) is 0.217. The van der Waals surface area contributed by atoms with Gasteiger partial charge in [-0.2, -0.15) is 0 Å². The molecule has 1 aliphatic heterocycles. The maximum absolute atomic E-state index is 12.3. The Morgan fingerprint density at radius 2 is 1.84 bits per heavy atom. The molecule has 2 heterocycles. The third-order valence-corrected chi connectivity index (χ3v) is 5.39. The average Bonchev–Trinajstić information content (AvgIpc) is 2.71. The van der Waals surface area contributed by atoms with E-state index in [9.17, 15) is 9.59 Å². The summed E-state index contributed by atoms with van der Waals surface area (Å²) in [6.07, 6.45) is 1.69. The summed E-state index contributed by atoms with van der Waals surface area (Å²) >= 11 is 6.22. The Hall–Kier alpha value is -3.45. The van der Waals surface area contributed by atoms with Crippen molar-refractivity contribution in [3.63, 3.8) is 0 Å². The number of hydrogen-bond donors (Lipinski definition) is 1. The normalized spacial score (nSPS) is 13.5. The molecule has 8 heteroatoms. The Morgan fingerprint density at radius 3 is 2.61 bits per heavy atom. The van der Waals surface area contributed by atoms with Gasteiger partial charge >= 0.3 is 0 Å². The lowest BCUT2D eigenvalue weighted by molar-refractivity contribution is -0.129. The van der Waals surface area contributed by atoms with Gasteiger partial charge in [0.1, 0.15) is 23.9 Å². The van der Waals surface area contributed by atoms with Crippen molar-refractivity contribution in [1.29, 1.82) is 0 Å². The maximum atomic E-state index is 12.3. The summed E-state index contributed by atoms with van der Waals surface area (Å²) in [6.45, 7) is 2.36. The monoisotopic (exact) mass is 439 g/mol. The molecular formula is C23H22ClN3O4. The van der Waals surface area contributed by atoms with Gasteiger partial charge in [-0.1, -0.05) is 11.6 Å². The molecule has 4 rings (SSSR count). The number of nitrogens with two attached hydrogens (primary N) is 1. The third-order valence-electron chi connectivity index (χ3n) is 5.15. The third kappa shape index (κ3) is 4.36. The van der Waals surface area contributed by atoms with E-state index in [1.165, 1.54) is 17.6 Å². The number of anilines is 1. The fourth-order valence-corrected chi connectivity index (χ4v) is 3.68. The highest BCUT2D eigenvalue weighted by molar-refractivity contribution is 6.30. The molecule has 160 valence electrons. The summed E-state index contributed by atoms with van der Waals surface area (Å²) in [5.41, 5.74) is 8.53. The molecule has 1 aliphatic rings. The van der Waals surface area contributed by atoms with E-state index >= 15 is 0 Å². The largest absolute Gasteiger partial charge is 0.491 e. The lowest BCUT2D eigenvalue weighted by Crippen LogP contribution is -2.32. The number of pyridine rings is 1. The lowest BCUT2D eigenvalue weighted by Gasteiger charge is -2.25. The van der Waals surface area contributed by atoms with E-state index in [1.807, 2.05) is 0 Å². The number of aryl methyl sites for hydroxylation is 1. The predicted molar refractivity (Wildman–Crippen MR) is 120 cm³/mol. The van der Waals surface area contributed by atoms with Gasteiger partial charge in [0.25, 0.3) is 5.56 Å². The zero-order chi connectivity index (χ0) is 22.1. The molecule has 0 radical (unpaired) electrons. The second-order valence-corrected chi connectivity index (χ2v) is 7.84. The number of carbonyl (C=O) groups excluding carboxylic acids is 1. The Labute approximate surface area is 184 Å². The lowest BCUT2D eigenvalue weighted by atomic mass is 10.0. The van der Waals surface area contributed by atoms with E-state index in [4.69, 9.17) is 26.8 Å². The molecular weight excluding hydrogens is 418 g/mol. The standard InChI is InChI=1S/C23H22ClN3O4/c1-14(28)27-7-8-30-22-11-23(29)26(2)13-19(22)18-10-17(25)4-6-21(18)31-20-5-3-16(24)9-15(20)12-27/h3-6,9-11,13H,7-8,12,25H2,1-2H3. The van der Waals surface area contributed by atoms with E-state index in [0.29, 0.717) is 52.2 Å². The Morgan fingerprint density at radius 1 is 1.06 bits per heavy atom. The van der Waals surface area contributed by atoms with Crippen molar-refractivity contribution < 1.29 is 14.3 Å². The molecule has 0 saturated carbocycles. The van der Waals surface area contributed by atoms with Gasteiger partial charge in [-0.25, -0.2) is 0 Å². The van der Waals surface area contributed by atoms with E-state index in [1.54, 1.807) is 54.5 Å². The number of amides is 1. The van der Waals surface area contributed by atoms with E-state index < -0.39 is 0 Å². The number of fused-ring (bicyclic) bond motifs is 4. The topological polar surface area (TPSA) is 86.8 Å². The van der Waals surface area contributed by atoms with Crippen LogP contribution in [0.2, 0.25) is 5.02 Å².